The minimum absolute atomic E-state index is 0.0143. The van der Waals surface area contributed by atoms with Crippen molar-refractivity contribution in [1.29, 1.82) is 5.26 Å². The number of carbonyl (C=O) groups excluding carboxylic acids is 12. The van der Waals surface area contributed by atoms with Gasteiger partial charge in [-0.3, -0.25) is 57.5 Å². The molecule has 708 valence electrons. The normalized spacial score (nSPS) is 13.8. The molecular formula is C99H112F3N13O13S6. The molecule has 6 aliphatic rings. The average Bonchev–Trinajstić information content (AvgIpc) is 1.67. The van der Waals surface area contributed by atoms with Crippen LogP contribution in [0, 0.1) is 16.7 Å². The molecule has 0 aliphatic heterocycles. The van der Waals surface area contributed by atoms with Crippen molar-refractivity contribution < 1.29 is 75.4 Å². The van der Waals surface area contributed by atoms with Crippen molar-refractivity contribution in [2.24, 2.45) is 39.8 Å². The summed E-state index contributed by atoms with van der Waals surface area (Å²) in [5, 5.41) is 29.1. The van der Waals surface area contributed by atoms with E-state index in [2.05, 4.69) is 38.8 Å². The van der Waals surface area contributed by atoms with Crippen LogP contribution < -0.4 is 66.3 Å². The highest BCUT2D eigenvalue weighted by molar-refractivity contribution is 7.19. The third kappa shape index (κ3) is 27.0. The first-order chi connectivity index (χ1) is 64.1. The Morgan fingerprint density at radius 3 is 0.948 bits per heavy atom. The monoisotopic (exact) mass is 1940 g/mol. The zero-order chi connectivity index (χ0) is 96.7. The van der Waals surface area contributed by atoms with Crippen LogP contribution in [0.2, 0.25) is 0 Å². The molecular weight excluding hydrogens is 1830 g/mol. The van der Waals surface area contributed by atoms with Gasteiger partial charge in [0.05, 0.1) is 56.5 Å². The van der Waals surface area contributed by atoms with Crippen molar-refractivity contribution in [3.05, 3.63) is 239 Å². The maximum absolute atomic E-state index is 13.3. The second-order valence-corrected chi connectivity index (χ2v) is 41.0. The number of nitrogens with one attached hydrogen (secondary N) is 6. The molecule has 0 radical (unpaired) electrons. The van der Waals surface area contributed by atoms with E-state index in [0.29, 0.717) is 87.4 Å². The van der Waals surface area contributed by atoms with Crippen LogP contribution >= 0.6 is 68.0 Å². The molecule has 0 fully saturated rings. The van der Waals surface area contributed by atoms with Crippen molar-refractivity contribution in [2.45, 2.75) is 226 Å². The fourth-order valence-electron chi connectivity index (χ4n) is 17.0. The molecule has 10 aromatic rings. The fourth-order valence-corrected chi connectivity index (χ4v) is 24.8. The molecule has 6 heterocycles. The molecule has 0 saturated carbocycles. The molecule has 6 aliphatic carbocycles. The SMILES string of the molecule is CC(C)(C)CC(=O)Nc1sc2c(c1C(N)=O)CCCC2.CCCCCC(=O)Nc1sc2c(c1C(N)=O)CCCC2.COCC(=O)Nc1sc2c(c1C(N)=O)CCCC2.N#Cc1ccc(C(=O)Nc2sc3c(c2C(N)=O)CCCC3)cc1.NC(=O)c1c(NC(=O)C(c2ccccc2)c2ccccc2)sc2c1CCCC2.NC(=O)c1c(NC(=O)c2ccc(C(F)(F)F)cc2)sc2c1CCCC2. The summed E-state index contributed by atoms with van der Waals surface area (Å²) in [4.78, 5) is 151. The zero-order valence-corrected chi connectivity index (χ0v) is 80.4. The van der Waals surface area contributed by atoms with E-state index in [4.69, 9.17) is 44.4 Å². The van der Waals surface area contributed by atoms with E-state index in [1.54, 1.807) is 24.3 Å². The summed E-state index contributed by atoms with van der Waals surface area (Å²) in [5.74, 6) is -4.74. The number of benzene rings is 4. The van der Waals surface area contributed by atoms with E-state index < -0.39 is 59.0 Å². The van der Waals surface area contributed by atoms with Crippen molar-refractivity contribution in [3.8, 4) is 6.07 Å². The van der Waals surface area contributed by atoms with Crippen molar-refractivity contribution in [3.63, 3.8) is 0 Å². The van der Waals surface area contributed by atoms with Gasteiger partial charge in [0.15, 0.2) is 0 Å². The van der Waals surface area contributed by atoms with Crippen molar-refractivity contribution >= 4 is 169 Å². The lowest BCUT2D eigenvalue weighted by Gasteiger charge is -2.18. The molecule has 0 spiro atoms. The number of aryl methyl sites for hydroxylation is 6. The number of thiophene rings is 6. The molecule has 18 N–H and O–H groups in total. The number of anilines is 6. The van der Waals surface area contributed by atoms with Crippen LogP contribution in [0.3, 0.4) is 0 Å². The van der Waals surface area contributed by atoms with Crippen LogP contribution in [0.15, 0.2) is 109 Å². The van der Waals surface area contributed by atoms with E-state index in [1.807, 2.05) is 87.5 Å². The standard InChI is InChI=1S/C23H22N2O2S.C17H15F3N2O2S.C17H15N3O2S.2C15H22N2O2S.C12H16N2O3S/c24-21(26)20-17-13-7-8-14-18(17)28-23(20)25-22(27)19(15-9-3-1-4-10-15)16-11-5-2-6-12-16;18-17(19,20)10-7-5-9(6-8-10)15(24)22-16-13(14(21)23)11-3-1-2-4-12(11)25-16;18-9-10-5-7-11(8-6-10)16(22)20-17-14(15(19)21)12-3-1-2-4-13(12)23-17;1-15(2,3)8-11(18)17-14-12(13(16)19)9-6-4-5-7-10(9)20-14;1-2-3-4-9-12(18)17-15-13(14(16)19)10-7-5-6-8-11(10)20-15;1-17-6-9(15)14-12-10(11(13)16)7-4-2-3-5-8(7)18-12/h1-6,9-12,19H,7-8,13-14H2,(H2,24,26)(H,25,27);5-8H,1-4H2,(H2,21,23)(H,22,24);5-8H,1-4H2,(H2,19,21)(H,20,22);4-8H2,1-3H3,(H2,16,19)(H,17,18);2-9H2,1H3,(H2,16,19)(H,17,18);2-6H2,1H3,(H2,13,16)(H,14,15). The summed E-state index contributed by atoms with van der Waals surface area (Å²) in [6, 6.07) is 31.7. The van der Waals surface area contributed by atoms with Gasteiger partial charge in [0.2, 0.25) is 17.7 Å². The highest BCUT2D eigenvalue weighted by Crippen LogP contribution is 2.45. The number of fused-ring (bicyclic) bond motifs is 6. The van der Waals surface area contributed by atoms with Gasteiger partial charge in [0, 0.05) is 60.3 Å². The Hall–Kier alpha value is -12.0. The number of nitrogens with zero attached hydrogens (tertiary/aromatic N) is 1. The lowest BCUT2D eigenvalue weighted by molar-refractivity contribution is -0.137. The summed E-state index contributed by atoms with van der Waals surface area (Å²) >= 11 is 8.73. The number of rotatable bonds is 24. The van der Waals surface area contributed by atoms with E-state index in [1.165, 1.54) is 94.6 Å². The van der Waals surface area contributed by atoms with Gasteiger partial charge in [-0.15, -0.1) is 68.0 Å². The highest BCUT2D eigenvalue weighted by Gasteiger charge is 2.35. The minimum atomic E-state index is -4.46. The first kappa shape index (κ1) is 102. The van der Waals surface area contributed by atoms with E-state index >= 15 is 0 Å². The molecule has 6 aromatic heterocycles. The van der Waals surface area contributed by atoms with Gasteiger partial charge in [-0.25, -0.2) is 0 Å². The predicted molar refractivity (Wildman–Crippen MR) is 525 cm³/mol. The van der Waals surface area contributed by atoms with Gasteiger partial charge >= 0.3 is 6.18 Å². The van der Waals surface area contributed by atoms with Gasteiger partial charge in [0.1, 0.15) is 36.6 Å². The summed E-state index contributed by atoms with van der Waals surface area (Å²) in [5.41, 5.74) is 43.9. The minimum Gasteiger partial charge on any atom is -0.375 e. The van der Waals surface area contributed by atoms with Gasteiger partial charge in [0.25, 0.3) is 53.2 Å². The number of nitriles is 1. The molecule has 35 heteroatoms. The van der Waals surface area contributed by atoms with E-state index in [-0.39, 0.29) is 47.1 Å². The second-order valence-electron chi connectivity index (χ2n) is 34.4. The topological polar surface area (TPSA) is 466 Å². The quantitative estimate of drug-likeness (QED) is 0.0250. The van der Waals surface area contributed by atoms with Crippen LogP contribution in [0.4, 0.5) is 43.2 Å². The van der Waals surface area contributed by atoms with Crippen LogP contribution in [-0.4, -0.2) is 84.6 Å². The number of primary amides is 6. The van der Waals surface area contributed by atoms with Gasteiger partial charge in [-0.2, -0.15) is 18.4 Å². The van der Waals surface area contributed by atoms with E-state index in [9.17, 15) is 70.7 Å². The second kappa shape index (κ2) is 47.7. The molecule has 12 amide bonds. The number of hydrogen-bond acceptors (Lipinski definition) is 20. The molecule has 0 saturated heterocycles. The number of ether oxygens (including phenoxy) is 1. The van der Waals surface area contributed by atoms with Gasteiger partial charge in [-0.05, 0) is 259 Å². The number of hydrogen-bond donors (Lipinski definition) is 12. The van der Waals surface area contributed by atoms with Crippen LogP contribution in [0.1, 0.15) is 311 Å². The Morgan fingerprint density at radius 1 is 0.381 bits per heavy atom. The maximum Gasteiger partial charge on any atom is 0.416 e. The van der Waals surface area contributed by atoms with Gasteiger partial charge < -0.3 is 71.0 Å². The molecule has 16 rings (SSSR count). The van der Waals surface area contributed by atoms with Crippen LogP contribution in [0.25, 0.3) is 0 Å². The molecule has 0 bridgehead atoms. The number of amides is 12. The first-order valence-electron chi connectivity index (χ1n) is 44.8. The number of nitrogens with two attached hydrogens (primary N) is 6. The Labute approximate surface area is 800 Å². The summed E-state index contributed by atoms with van der Waals surface area (Å²) in [7, 11) is 1.45. The Morgan fingerprint density at radius 2 is 0.664 bits per heavy atom. The number of unbranched alkanes of at least 4 members (excludes halogenated alkanes) is 2. The Bertz CT molecular complexity index is 5980. The number of carbonyl (C=O) groups is 12. The Balaban J connectivity index is 0.000000156. The molecule has 4 aromatic carbocycles. The lowest BCUT2D eigenvalue weighted by atomic mass is 9.90. The predicted octanol–water partition coefficient (Wildman–Crippen LogP) is 19.0. The van der Waals surface area contributed by atoms with Crippen molar-refractivity contribution in [1.82, 2.24) is 0 Å². The average molecular weight is 1940 g/mol. The Kier molecular flexibility index (Phi) is 36.5. The largest absolute Gasteiger partial charge is 0.416 e. The third-order valence-electron chi connectivity index (χ3n) is 23.2. The first-order valence-corrected chi connectivity index (χ1v) is 49.7. The van der Waals surface area contributed by atoms with E-state index in [0.717, 1.165) is 252 Å². The van der Waals surface area contributed by atoms with Crippen LogP contribution in [0.5, 0.6) is 0 Å². The van der Waals surface area contributed by atoms with Crippen molar-refractivity contribution in [2.75, 3.05) is 45.6 Å². The summed E-state index contributed by atoms with van der Waals surface area (Å²) in [6.45, 7) is 8.13. The number of alkyl halides is 3. The smallest absolute Gasteiger partial charge is 0.375 e. The lowest BCUT2D eigenvalue weighted by Crippen LogP contribution is -2.24. The van der Waals surface area contributed by atoms with Gasteiger partial charge in [-0.1, -0.05) is 101 Å². The molecule has 26 nitrogen and oxygen atoms in total. The molecule has 134 heavy (non-hydrogen) atoms. The molecule has 0 unspecified atom stereocenters. The van der Waals surface area contributed by atoms with Crippen LogP contribution in [-0.2, 0) is 107 Å². The number of methoxy groups -OCH3 is 1. The highest BCUT2D eigenvalue weighted by atomic mass is 32.1. The third-order valence-corrected chi connectivity index (χ3v) is 30.5. The zero-order valence-electron chi connectivity index (χ0n) is 75.5. The molecule has 0 atom stereocenters. The fraction of sp³-hybridized carbons (Fsp3) is 0.384. The number of halogens is 3. The summed E-state index contributed by atoms with van der Waals surface area (Å²) < 4.78 is 42.5. The summed E-state index contributed by atoms with van der Waals surface area (Å²) in [6.07, 6.45) is 23.1. The maximum atomic E-state index is 13.3.